The molecule has 1 N–H and O–H groups in total. The molecule has 0 aromatic carbocycles. The summed E-state index contributed by atoms with van der Waals surface area (Å²) in [5.74, 6) is 2.12. The first-order valence-electron chi connectivity index (χ1n) is 5.27. The topological polar surface area (TPSA) is 42.0 Å². The largest absolute Gasteiger partial charge is 0.316 e. The zero-order chi connectivity index (χ0) is 10.5. The van der Waals surface area contributed by atoms with Gasteiger partial charge in [-0.2, -0.15) is 0 Å². The Bertz CT molecular complexity index is 307. The zero-order valence-corrected chi connectivity index (χ0v) is 10.3. The second-order valence-corrected chi connectivity index (χ2v) is 6.40. The van der Waals surface area contributed by atoms with Crippen LogP contribution in [0, 0.1) is 5.92 Å². The number of thiazole rings is 1. The van der Waals surface area contributed by atoms with Crippen molar-refractivity contribution in [2.45, 2.75) is 18.6 Å². The highest BCUT2D eigenvalue weighted by Gasteiger charge is 2.16. The van der Waals surface area contributed by atoms with Crippen LogP contribution in [-0.2, 0) is 16.6 Å². The number of rotatable bonds is 4. The van der Waals surface area contributed by atoms with Gasteiger partial charge in [-0.25, -0.2) is 0 Å². The Labute approximate surface area is 96.8 Å². The molecule has 0 saturated carbocycles. The van der Waals surface area contributed by atoms with Crippen LogP contribution in [0.1, 0.15) is 17.7 Å². The molecule has 0 radical (unpaired) electrons. The molecule has 1 aromatic heterocycles. The van der Waals surface area contributed by atoms with Gasteiger partial charge in [-0.3, -0.25) is 9.19 Å². The van der Waals surface area contributed by atoms with Gasteiger partial charge >= 0.3 is 0 Å². The third-order valence-corrected chi connectivity index (χ3v) is 5.05. The van der Waals surface area contributed by atoms with Crippen molar-refractivity contribution in [3.8, 4) is 0 Å². The van der Waals surface area contributed by atoms with Crippen LogP contribution in [-0.4, -0.2) is 28.0 Å². The summed E-state index contributed by atoms with van der Waals surface area (Å²) in [5, 5.41) is 3.35. The molecule has 1 fully saturated rings. The van der Waals surface area contributed by atoms with Crippen LogP contribution in [0.3, 0.4) is 0 Å². The Balaban J connectivity index is 1.76. The summed E-state index contributed by atoms with van der Waals surface area (Å²) in [6.07, 6.45) is 4.27. The first-order chi connectivity index (χ1) is 7.34. The minimum absolute atomic E-state index is 0.604. The van der Waals surface area contributed by atoms with E-state index in [4.69, 9.17) is 0 Å². The highest BCUT2D eigenvalue weighted by atomic mass is 32.2. The summed E-state index contributed by atoms with van der Waals surface area (Å²) in [4.78, 5) is 5.13. The van der Waals surface area contributed by atoms with Gasteiger partial charge in [-0.1, -0.05) is 0 Å². The molecule has 15 heavy (non-hydrogen) atoms. The van der Waals surface area contributed by atoms with Crippen molar-refractivity contribution < 1.29 is 4.21 Å². The van der Waals surface area contributed by atoms with E-state index < -0.39 is 10.8 Å². The Hall–Kier alpha value is -0.260. The number of aromatic nitrogens is 1. The second kappa shape index (κ2) is 5.72. The smallest absolute Gasteiger partial charge is 0.0794 e. The van der Waals surface area contributed by atoms with Gasteiger partial charge in [0.2, 0.25) is 0 Å². The lowest BCUT2D eigenvalue weighted by Crippen LogP contribution is -2.32. The van der Waals surface area contributed by atoms with E-state index >= 15 is 0 Å². The number of hydrogen-bond acceptors (Lipinski definition) is 4. The molecule has 1 saturated heterocycles. The number of nitrogens with zero attached hydrogens (tertiary/aromatic N) is 1. The molecule has 2 heterocycles. The minimum atomic E-state index is -0.717. The quantitative estimate of drug-likeness (QED) is 0.870. The van der Waals surface area contributed by atoms with E-state index in [9.17, 15) is 4.21 Å². The van der Waals surface area contributed by atoms with Crippen LogP contribution in [0.4, 0.5) is 0 Å². The molecular weight excluding hydrogens is 228 g/mol. The maximum absolute atomic E-state index is 11.8. The Morgan fingerprint density at radius 3 is 3.27 bits per heavy atom. The third-order valence-electron chi connectivity index (χ3n) is 2.61. The van der Waals surface area contributed by atoms with Gasteiger partial charge in [0.25, 0.3) is 0 Å². The maximum Gasteiger partial charge on any atom is 0.0794 e. The average molecular weight is 244 g/mol. The van der Waals surface area contributed by atoms with E-state index in [1.807, 2.05) is 6.20 Å². The first kappa shape index (κ1) is 11.2. The fourth-order valence-electron chi connectivity index (χ4n) is 1.86. The van der Waals surface area contributed by atoms with Crippen molar-refractivity contribution in [2.75, 3.05) is 18.8 Å². The SMILES string of the molecule is O=[S@@](Cc1cncs1)C[C@@H]1CCCNC1. The maximum atomic E-state index is 11.8. The molecule has 1 aliphatic rings. The van der Waals surface area contributed by atoms with Gasteiger partial charge < -0.3 is 5.32 Å². The molecule has 0 bridgehead atoms. The van der Waals surface area contributed by atoms with E-state index in [1.165, 1.54) is 12.8 Å². The predicted molar refractivity (Wildman–Crippen MR) is 64.4 cm³/mol. The first-order valence-corrected chi connectivity index (χ1v) is 7.64. The van der Waals surface area contributed by atoms with Crippen LogP contribution < -0.4 is 5.32 Å². The molecule has 5 heteroatoms. The van der Waals surface area contributed by atoms with Gasteiger partial charge in [-0.15, -0.1) is 11.3 Å². The van der Waals surface area contributed by atoms with Crippen molar-refractivity contribution in [1.29, 1.82) is 0 Å². The van der Waals surface area contributed by atoms with E-state index in [2.05, 4.69) is 10.3 Å². The van der Waals surface area contributed by atoms with Crippen LogP contribution >= 0.6 is 11.3 Å². The molecule has 2 rings (SSSR count). The molecule has 2 atom stereocenters. The number of nitrogens with one attached hydrogen (secondary N) is 1. The Kier molecular flexibility index (Phi) is 4.29. The molecule has 3 nitrogen and oxygen atoms in total. The molecule has 0 aliphatic carbocycles. The van der Waals surface area contributed by atoms with Gasteiger partial charge in [-0.05, 0) is 31.8 Å². The lowest BCUT2D eigenvalue weighted by Gasteiger charge is -2.21. The van der Waals surface area contributed by atoms with Crippen LogP contribution in [0.15, 0.2) is 11.7 Å². The highest BCUT2D eigenvalue weighted by molar-refractivity contribution is 7.84. The second-order valence-electron chi connectivity index (χ2n) is 3.93. The van der Waals surface area contributed by atoms with Crippen molar-refractivity contribution in [3.05, 3.63) is 16.6 Å². The highest BCUT2D eigenvalue weighted by Crippen LogP contribution is 2.14. The van der Waals surface area contributed by atoms with E-state index in [-0.39, 0.29) is 0 Å². The summed E-state index contributed by atoms with van der Waals surface area (Å²) >= 11 is 1.59. The summed E-state index contributed by atoms with van der Waals surface area (Å²) in [7, 11) is -0.717. The predicted octanol–water partition coefficient (Wildman–Crippen LogP) is 1.39. The van der Waals surface area contributed by atoms with Gasteiger partial charge in [0.15, 0.2) is 0 Å². The summed E-state index contributed by atoms with van der Waals surface area (Å²) < 4.78 is 11.8. The lowest BCUT2D eigenvalue weighted by atomic mass is 10.0. The van der Waals surface area contributed by atoms with Crippen molar-refractivity contribution in [2.24, 2.45) is 5.92 Å². The van der Waals surface area contributed by atoms with Gasteiger partial charge in [0.1, 0.15) is 0 Å². The van der Waals surface area contributed by atoms with E-state index in [0.717, 1.165) is 23.7 Å². The zero-order valence-electron chi connectivity index (χ0n) is 8.65. The monoisotopic (exact) mass is 244 g/mol. The molecule has 0 amide bonds. The Morgan fingerprint density at radius 1 is 1.67 bits per heavy atom. The average Bonchev–Trinajstić information content (AvgIpc) is 2.71. The number of hydrogen-bond donors (Lipinski definition) is 1. The fraction of sp³-hybridized carbons (Fsp3) is 0.700. The molecular formula is C10H16N2OS2. The lowest BCUT2D eigenvalue weighted by molar-refractivity contribution is 0.408. The minimum Gasteiger partial charge on any atom is -0.316 e. The summed E-state index contributed by atoms with van der Waals surface area (Å²) in [5.41, 5.74) is 1.80. The van der Waals surface area contributed by atoms with Crippen molar-refractivity contribution in [3.63, 3.8) is 0 Å². The summed E-state index contributed by atoms with van der Waals surface area (Å²) in [6, 6.07) is 0. The van der Waals surface area contributed by atoms with Crippen LogP contribution in [0.25, 0.3) is 0 Å². The van der Waals surface area contributed by atoms with Crippen LogP contribution in [0.5, 0.6) is 0 Å². The number of piperidine rings is 1. The van der Waals surface area contributed by atoms with Gasteiger partial charge in [0.05, 0.1) is 11.3 Å². The summed E-state index contributed by atoms with van der Waals surface area (Å²) in [6.45, 7) is 2.16. The normalized spacial score (nSPS) is 23.9. The molecule has 0 unspecified atom stereocenters. The van der Waals surface area contributed by atoms with Gasteiger partial charge in [0, 0.05) is 27.6 Å². The Morgan fingerprint density at radius 2 is 2.60 bits per heavy atom. The molecule has 84 valence electrons. The third kappa shape index (κ3) is 3.66. The molecule has 1 aromatic rings. The van der Waals surface area contributed by atoms with Crippen molar-refractivity contribution in [1.82, 2.24) is 10.3 Å². The standard InChI is InChI=1S/C10H16N2OS2/c13-15(7-10-5-12-8-14-10)6-9-2-1-3-11-4-9/h5,8-9,11H,1-4,6-7H2/t9-,15-/m1/s1. The molecule has 1 aliphatic heterocycles. The van der Waals surface area contributed by atoms with E-state index in [0.29, 0.717) is 11.7 Å². The fourth-order valence-corrected chi connectivity index (χ4v) is 4.23. The van der Waals surface area contributed by atoms with Crippen molar-refractivity contribution >= 4 is 22.1 Å². The van der Waals surface area contributed by atoms with Crippen LogP contribution in [0.2, 0.25) is 0 Å². The van der Waals surface area contributed by atoms with E-state index in [1.54, 1.807) is 16.8 Å². The molecule has 0 spiro atoms.